The SMILES string of the molecule is CC[N+]1=C(C)C(C)(C)C=CC=CC=C1. The molecule has 0 aliphatic carbocycles. The van der Waals surface area contributed by atoms with Gasteiger partial charge in [0.2, 0.25) is 0 Å². The lowest BCUT2D eigenvalue weighted by Crippen LogP contribution is -2.27. The van der Waals surface area contributed by atoms with Gasteiger partial charge in [-0.05, 0) is 20.8 Å². The predicted octanol–water partition coefficient (Wildman–Crippen LogP) is 3.15. The van der Waals surface area contributed by atoms with Crippen LogP contribution in [0.15, 0.2) is 36.6 Å². The number of nitrogens with zero attached hydrogens (tertiary/aromatic N) is 1. The van der Waals surface area contributed by atoms with Gasteiger partial charge in [-0.15, -0.1) is 0 Å². The molecule has 1 nitrogen and oxygen atoms in total. The summed E-state index contributed by atoms with van der Waals surface area (Å²) in [4.78, 5) is 0. The molecule has 0 aromatic rings. The van der Waals surface area contributed by atoms with Gasteiger partial charge in [0.1, 0.15) is 6.54 Å². The molecule has 0 aromatic carbocycles. The molecule has 0 spiro atoms. The molecule has 76 valence electrons. The fraction of sp³-hybridized carbons (Fsp3) is 0.462. The van der Waals surface area contributed by atoms with Gasteiger partial charge in [-0.25, -0.2) is 4.58 Å². The average molecular weight is 190 g/mol. The molecular formula is C13H20N+. The van der Waals surface area contributed by atoms with Gasteiger partial charge in [-0.1, -0.05) is 24.3 Å². The van der Waals surface area contributed by atoms with E-state index in [1.807, 2.05) is 0 Å². The van der Waals surface area contributed by atoms with Crippen molar-refractivity contribution in [1.82, 2.24) is 0 Å². The Labute approximate surface area is 87.1 Å². The molecule has 0 saturated carbocycles. The molecule has 0 N–H and O–H groups in total. The summed E-state index contributed by atoms with van der Waals surface area (Å²) in [6.07, 6.45) is 12.7. The molecule has 0 aromatic heterocycles. The minimum atomic E-state index is 0.134. The first-order valence-corrected chi connectivity index (χ1v) is 5.21. The van der Waals surface area contributed by atoms with E-state index in [4.69, 9.17) is 0 Å². The highest BCUT2D eigenvalue weighted by molar-refractivity contribution is 5.85. The molecule has 0 bridgehead atoms. The van der Waals surface area contributed by atoms with Gasteiger partial charge in [0.25, 0.3) is 0 Å². The Balaban J connectivity index is 3.20. The Morgan fingerprint density at radius 3 is 2.43 bits per heavy atom. The molecule has 1 aliphatic rings. The van der Waals surface area contributed by atoms with Crippen molar-refractivity contribution in [2.75, 3.05) is 6.54 Å². The minimum absolute atomic E-state index is 0.134. The van der Waals surface area contributed by atoms with Crippen molar-refractivity contribution in [2.24, 2.45) is 5.41 Å². The zero-order valence-corrected chi connectivity index (χ0v) is 9.62. The quantitative estimate of drug-likeness (QED) is 0.559. The van der Waals surface area contributed by atoms with E-state index in [9.17, 15) is 0 Å². The Morgan fingerprint density at radius 1 is 1.14 bits per heavy atom. The Morgan fingerprint density at radius 2 is 1.79 bits per heavy atom. The standard InChI is InChI=1S/C13H20N/c1-5-14-11-9-7-6-8-10-13(3,4)12(14)2/h6-11H,5H2,1-4H3/q+1. The van der Waals surface area contributed by atoms with Crippen molar-refractivity contribution in [2.45, 2.75) is 27.7 Å². The van der Waals surface area contributed by atoms with Crippen LogP contribution < -0.4 is 0 Å². The molecule has 1 heterocycles. The largest absolute Gasteiger partial charge is 0.206 e. The lowest BCUT2D eigenvalue weighted by atomic mass is 9.87. The monoisotopic (exact) mass is 190 g/mol. The molecule has 0 atom stereocenters. The fourth-order valence-electron chi connectivity index (χ4n) is 1.52. The van der Waals surface area contributed by atoms with Crippen LogP contribution in [0.2, 0.25) is 0 Å². The maximum Gasteiger partial charge on any atom is 0.168 e. The van der Waals surface area contributed by atoms with Crippen LogP contribution in [0.4, 0.5) is 0 Å². The van der Waals surface area contributed by atoms with E-state index < -0.39 is 0 Å². The van der Waals surface area contributed by atoms with Gasteiger partial charge in [-0.2, -0.15) is 0 Å². The van der Waals surface area contributed by atoms with E-state index in [0.29, 0.717) is 0 Å². The third-order valence-electron chi connectivity index (χ3n) is 2.82. The van der Waals surface area contributed by atoms with Crippen molar-refractivity contribution in [3.63, 3.8) is 0 Å². The molecule has 1 heteroatoms. The van der Waals surface area contributed by atoms with Crippen LogP contribution in [0.5, 0.6) is 0 Å². The second-order valence-electron chi connectivity index (χ2n) is 4.18. The van der Waals surface area contributed by atoms with E-state index in [-0.39, 0.29) is 5.41 Å². The third-order valence-corrected chi connectivity index (χ3v) is 2.82. The topological polar surface area (TPSA) is 3.01 Å². The summed E-state index contributed by atoms with van der Waals surface area (Å²) in [6.45, 7) is 9.88. The van der Waals surface area contributed by atoms with E-state index >= 15 is 0 Å². The summed E-state index contributed by atoms with van der Waals surface area (Å²) >= 11 is 0. The van der Waals surface area contributed by atoms with E-state index in [1.54, 1.807) is 0 Å². The molecular weight excluding hydrogens is 170 g/mol. The number of hydrogen-bond donors (Lipinski definition) is 0. The fourth-order valence-corrected chi connectivity index (χ4v) is 1.52. The van der Waals surface area contributed by atoms with Crippen LogP contribution in [0, 0.1) is 5.41 Å². The normalized spacial score (nSPS) is 20.6. The summed E-state index contributed by atoms with van der Waals surface area (Å²) < 4.78 is 2.29. The molecule has 0 unspecified atom stereocenters. The molecule has 1 aliphatic heterocycles. The van der Waals surface area contributed by atoms with E-state index in [0.717, 1.165) is 6.54 Å². The van der Waals surface area contributed by atoms with Crippen molar-refractivity contribution in [1.29, 1.82) is 0 Å². The van der Waals surface area contributed by atoms with Crippen molar-refractivity contribution >= 4 is 5.71 Å². The highest BCUT2D eigenvalue weighted by Crippen LogP contribution is 2.20. The Bertz CT molecular complexity index is 314. The van der Waals surface area contributed by atoms with Crippen LogP contribution >= 0.6 is 0 Å². The molecule has 0 fully saturated rings. The van der Waals surface area contributed by atoms with Crippen LogP contribution in [0.3, 0.4) is 0 Å². The van der Waals surface area contributed by atoms with E-state index in [2.05, 4.69) is 68.9 Å². The number of hydrogen-bond acceptors (Lipinski definition) is 0. The predicted molar refractivity (Wildman–Crippen MR) is 62.7 cm³/mol. The maximum absolute atomic E-state index is 2.29. The summed E-state index contributed by atoms with van der Waals surface area (Å²) in [6, 6.07) is 0. The number of allylic oxidation sites excluding steroid dienone is 5. The maximum atomic E-state index is 2.29. The first-order chi connectivity index (χ1) is 6.58. The average Bonchev–Trinajstić information content (AvgIpc) is 2.20. The summed E-state index contributed by atoms with van der Waals surface area (Å²) in [7, 11) is 0. The second-order valence-corrected chi connectivity index (χ2v) is 4.18. The van der Waals surface area contributed by atoms with Gasteiger partial charge in [0, 0.05) is 13.0 Å². The first kappa shape index (κ1) is 11.0. The zero-order chi connectivity index (χ0) is 10.6. The summed E-state index contributed by atoms with van der Waals surface area (Å²) in [5.41, 5.74) is 1.52. The van der Waals surface area contributed by atoms with Gasteiger partial charge in [0.15, 0.2) is 11.9 Å². The zero-order valence-electron chi connectivity index (χ0n) is 9.62. The summed E-state index contributed by atoms with van der Waals surface area (Å²) in [5, 5.41) is 0. The smallest absolute Gasteiger partial charge is 0.168 e. The van der Waals surface area contributed by atoms with Crippen LogP contribution in [0.25, 0.3) is 0 Å². The third kappa shape index (κ3) is 2.44. The van der Waals surface area contributed by atoms with Crippen LogP contribution in [-0.2, 0) is 0 Å². The van der Waals surface area contributed by atoms with Crippen LogP contribution in [0.1, 0.15) is 27.7 Å². The first-order valence-electron chi connectivity index (χ1n) is 5.21. The second kappa shape index (κ2) is 4.41. The van der Waals surface area contributed by atoms with Gasteiger partial charge in [-0.3, -0.25) is 0 Å². The van der Waals surface area contributed by atoms with Crippen LogP contribution in [-0.4, -0.2) is 16.8 Å². The summed E-state index contributed by atoms with van der Waals surface area (Å²) in [5.74, 6) is 0. The van der Waals surface area contributed by atoms with E-state index in [1.165, 1.54) is 5.71 Å². The molecule has 0 amide bonds. The van der Waals surface area contributed by atoms with Gasteiger partial charge >= 0.3 is 0 Å². The Kier molecular flexibility index (Phi) is 3.45. The van der Waals surface area contributed by atoms with Gasteiger partial charge in [0.05, 0.1) is 5.41 Å². The number of rotatable bonds is 1. The highest BCUT2D eigenvalue weighted by Gasteiger charge is 2.25. The lowest BCUT2D eigenvalue weighted by molar-refractivity contribution is -0.456. The van der Waals surface area contributed by atoms with Crippen molar-refractivity contribution in [3.8, 4) is 0 Å². The van der Waals surface area contributed by atoms with Crippen molar-refractivity contribution < 1.29 is 4.58 Å². The van der Waals surface area contributed by atoms with Crippen molar-refractivity contribution in [3.05, 3.63) is 36.6 Å². The highest BCUT2D eigenvalue weighted by atomic mass is 15.0. The minimum Gasteiger partial charge on any atom is -0.206 e. The molecule has 0 saturated heterocycles. The lowest BCUT2D eigenvalue weighted by Gasteiger charge is -2.17. The molecule has 0 radical (unpaired) electrons. The van der Waals surface area contributed by atoms with Gasteiger partial charge < -0.3 is 0 Å². The molecule has 1 rings (SSSR count). The Hall–Kier alpha value is -1.11. The molecule has 14 heavy (non-hydrogen) atoms.